The Morgan fingerprint density at radius 2 is 1.75 bits per heavy atom. The fourth-order valence-electron chi connectivity index (χ4n) is 2.37. The van der Waals surface area contributed by atoms with Crippen LogP contribution in [-0.2, 0) is 19.0 Å². The number of halogens is 5. The molecule has 28 heavy (non-hydrogen) atoms. The molecule has 0 radical (unpaired) electrons. The predicted octanol–water partition coefficient (Wildman–Crippen LogP) is 4.04. The summed E-state index contributed by atoms with van der Waals surface area (Å²) in [5.41, 5.74) is -1.08. The number of nitrogens with zero attached hydrogens (tertiary/aromatic N) is 2. The number of H-pyrrole nitrogens is 1. The van der Waals surface area contributed by atoms with E-state index in [1.165, 1.54) is 12.1 Å². The maximum absolute atomic E-state index is 14.2. The fourth-order valence-corrected chi connectivity index (χ4v) is 2.37. The van der Waals surface area contributed by atoms with Gasteiger partial charge < -0.3 is 9.72 Å². The topological polar surface area (TPSA) is 67.9 Å². The lowest BCUT2D eigenvalue weighted by atomic mass is 10.1. The molecule has 3 aromatic rings. The minimum atomic E-state index is -4.53. The molecular formula is C18H12F5N3O2. The monoisotopic (exact) mass is 397 g/mol. The van der Waals surface area contributed by atoms with Gasteiger partial charge in [0.25, 0.3) is 0 Å². The van der Waals surface area contributed by atoms with Crippen LogP contribution in [0.25, 0.3) is 0 Å². The van der Waals surface area contributed by atoms with Gasteiger partial charge in [-0.1, -0.05) is 6.07 Å². The van der Waals surface area contributed by atoms with Gasteiger partial charge >= 0.3 is 11.9 Å². The Hall–Kier alpha value is -3.30. The molecule has 2 heterocycles. The molecular weight excluding hydrogens is 385 g/mol. The zero-order valence-corrected chi connectivity index (χ0v) is 14.1. The Balaban J connectivity index is 1.68. The molecule has 0 atom stereocenters. The maximum Gasteiger partial charge on any atom is 0.417 e. The first-order chi connectivity index (χ1) is 13.2. The van der Waals surface area contributed by atoms with E-state index in [0.717, 1.165) is 24.4 Å². The summed E-state index contributed by atoms with van der Waals surface area (Å²) in [7, 11) is 0. The number of nitrogens with one attached hydrogen (secondary N) is 1. The molecule has 10 heteroatoms. The van der Waals surface area contributed by atoms with E-state index in [2.05, 4.69) is 15.0 Å². The lowest BCUT2D eigenvalue weighted by Gasteiger charge is -2.09. The SMILES string of the molecule is O=c1ncc(F)c(CCc2ccc(Oc3ccc(C(F)(F)F)cn3)c(F)c2)[nH]1. The molecule has 0 fully saturated rings. The minimum absolute atomic E-state index is 0.0506. The van der Waals surface area contributed by atoms with Crippen LogP contribution in [0.4, 0.5) is 22.0 Å². The van der Waals surface area contributed by atoms with E-state index in [1.807, 2.05) is 0 Å². The molecule has 0 bridgehead atoms. The standard InChI is InChI=1S/C18H12F5N3O2/c19-12-7-10(1-4-14-13(20)9-25-17(27)26-14)2-5-15(12)28-16-6-3-11(8-24-16)18(21,22)23/h2-3,5-9H,1,4H2,(H,25,26,27). The third-order valence-electron chi connectivity index (χ3n) is 3.78. The molecule has 0 unspecified atom stereocenters. The van der Waals surface area contributed by atoms with Gasteiger partial charge in [0.1, 0.15) is 0 Å². The van der Waals surface area contributed by atoms with Gasteiger partial charge in [0.05, 0.1) is 17.5 Å². The summed E-state index contributed by atoms with van der Waals surface area (Å²) in [5, 5.41) is 0. The van der Waals surface area contributed by atoms with Crippen molar-refractivity contribution in [1.82, 2.24) is 15.0 Å². The maximum atomic E-state index is 14.2. The van der Waals surface area contributed by atoms with Gasteiger partial charge in [-0.3, -0.25) is 0 Å². The highest BCUT2D eigenvalue weighted by Crippen LogP contribution is 2.30. The van der Waals surface area contributed by atoms with E-state index in [4.69, 9.17) is 4.74 Å². The number of aromatic amines is 1. The summed E-state index contributed by atoms with van der Waals surface area (Å²) >= 11 is 0. The predicted molar refractivity (Wildman–Crippen MR) is 87.9 cm³/mol. The van der Waals surface area contributed by atoms with Crippen LogP contribution in [0.5, 0.6) is 11.6 Å². The second-order valence-corrected chi connectivity index (χ2v) is 5.76. The van der Waals surface area contributed by atoms with Crippen LogP contribution in [0.3, 0.4) is 0 Å². The molecule has 146 valence electrons. The van der Waals surface area contributed by atoms with Crippen molar-refractivity contribution in [3.8, 4) is 11.6 Å². The number of benzene rings is 1. The van der Waals surface area contributed by atoms with E-state index in [0.29, 0.717) is 11.8 Å². The number of hydrogen-bond acceptors (Lipinski definition) is 4. The van der Waals surface area contributed by atoms with Crippen molar-refractivity contribution in [2.24, 2.45) is 0 Å². The van der Waals surface area contributed by atoms with Crippen LogP contribution in [-0.4, -0.2) is 15.0 Å². The smallest absolute Gasteiger partial charge is 0.417 e. The average Bonchev–Trinajstić information content (AvgIpc) is 2.64. The van der Waals surface area contributed by atoms with E-state index in [9.17, 15) is 26.7 Å². The van der Waals surface area contributed by atoms with Crippen molar-refractivity contribution in [3.05, 3.63) is 81.7 Å². The molecule has 0 saturated carbocycles. The largest absolute Gasteiger partial charge is 0.436 e. The van der Waals surface area contributed by atoms with Crippen molar-refractivity contribution in [2.75, 3.05) is 0 Å². The Morgan fingerprint density at radius 1 is 0.964 bits per heavy atom. The summed E-state index contributed by atoms with van der Waals surface area (Å²) in [6.07, 6.45) is -2.79. The highest BCUT2D eigenvalue weighted by Gasteiger charge is 2.30. The molecule has 3 rings (SSSR count). The third kappa shape index (κ3) is 4.70. The normalized spacial score (nSPS) is 11.5. The summed E-state index contributed by atoms with van der Waals surface area (Å²) < 4.78 is 70.4. The number of pyridine rings is 1. The van der Waals surface area contributed by atoms with Gasteiger partial charge in [0, 0.05) is 12.3 Å². The van der Waals surface area contributed by atoms with Gasteiger partial charge in [0.2, 0.25) is 5.88 Å². The Bertz CT molecular complexity index is 1030. The minimum Gasteiger partial charge on any atom is -0.436 e. The molecule has 0 spiro atoms. The number of ether oxygens (including phenoxy) is 1. The summed E-state index contributed by atoms with van der Waals surface area (Å²) in [6.45, 7) is 0. The average molecular weight is 397 g/mol. The Labute approximate surface area is 154 Å². The van der Waals surface area contributed by atoms with Gasteiger partial charge in [-0.15, -0.1) is 0 Å². The Morgan fingerprint density at radius 3 is 2.39 bits per heavy atom. The van der Waals surface area contributed by atoms with E-state index < -0.39 is 29.1 Å². The number of alkyl halides is 3. The molecule has 1 aromatic carbocycles. The molecule has 0 amide bonds. The van der Waals surface area contributed by atoms with E-state index >= 15 is 0 Å². The third-order valence-corrected chi connectivity index (χ3v) is 3.78. The second kappa shape index (κ2) is 7.75. The fraction of sp³-hybridized carbons (Fsp3) is 0.167. The number of rotatable bonds is 5. The van der Waals surface area contributed by atoms with Crippen LogP contribution >= 0.6 is 0 Å². The molecule has 0 saturated heterocycles. The van der Waals surface area contributed by atoms with Crippen LogP contribution in [0.1, 0.15) is 16.8 Å². The van der Waals surface area contributed by atoms with Crippen LogP contribution in [0, 0.1) is 11.6 Å². The number of aryl methyl sites for hydroxylation is 2. The van der Waals surface area contributed by atoms with E-state index in [1.54, 1.807) is 0 Å². The van der Waals surface area contributed by atoms with E-state index in [-0.39, 0.29) is 30.2 Å². The first kappa shape index (κ1) is 19.5. The van der Waals surface area contributed by atoms with Crippen molar-refractivity contribution in [3.63, 3.8) is 0 Å². The number of hydrogen-bond donors (Lipinski definition) is 1. The van der Waals surface area contributed by atoms with Gasteiger partial charge in [-0.05, 0) is 36.6 Å². The van der Waals surface area contributed by atoms with Crippen molar-refractivity contribution in [2.45, 2.75) is 19.0 Å². The zero-order chi connectivity index (χ0) is 20.3. The lowest BCUT2D eigenvalue weighted by Crippen LogP contribution is -2.14. The summed E-state index contributed by atoms with van der Waals surface area (Å²) in [5.74, 6) is -1.85. The molecule has 2 aromatic heterocycles. The molecule has 0 aliphatic heterocycles. The lowest BCUT2D eigenvalue weighted by molar-refractivity contribution is -0.137. The van der Waals surface area contributed by atoms with Crippen molar-refractivity contribution in [1.29, 1.82) is 0 Å². The first-order valence-electron chi connectivity index (χ1n) is 7.95. The van der Waals surface area contributed by atoms with Gasteiger partial charge in [-0.25, -0.2) is 18.6 Å². The summed E-state index contributed by atoms with van der Waals surface area (Å²) in [6, 6.07) is 5.71. The molecule has 0 aliphatic rings. The molecule has 1 N–H and O–H groups in total. The highest BCUT2D eigenvalue weighted by atomic mass is 19.4. The Kier molecular flexibility index (Phi) is 5.39. The quantitative estimate of drug-likeness (QED) is 0.660. The second-order valence-electron chi connectivity index (χ2n) is 5.76. The van der Waals surface area contributed by atoms with Crippen molar-refractivity contribution < 1.29 is 26.7 Å². The van der Waals surface area contributed by atoms with Crippen LogP contribution in [0.15, 0.2) is 47.5 Å². The van der Waals surface area contributed by atoms with Gasteiger partial charge in [0.15, 0.2) is 17.4 Å². The molecule has 0 aliphatic carbocycles. The van der Waals surface area contributed by atoms with Gasteiger partial charge in [-0.2, -0.15) is 18.2 Å². The highest BCUT2D eigenvalue weighted by molar-refractivity contribution is 5.33. The van der Waals surface area contributed by atoms with Crippen molar-refractivity contribution >= 4 is 0 Å². The number of aromatic nitrogens is 3. The zero-order valence-electron chi connectivity index (χ0n) is 14.1. The van der Waals surface area contributed by atoms with Crippen LogP contribution < -0.4 is 10.4 Å². The van der Waals surface area contributed by atoms with Crippen LogP contribution in [0.2, 0.25) is 0 Å². The first-order valence-corrected chi connectivity index (χ1v) is 7.95. The molecule has 5 nitrogen and oxygen atoms in total. The summed E-state index contributed by atoms with van der Waals surface area (Å²) in [4.78, 5) is 20.2.